The fourth-order valence-corrected chi connectivity index (χ4v) is 1.43. The Hall–Kier alpha value is -2.02. The molecule has 1 unspecified atom stereocenters. The first-order valence-electron chi connectivity index (χ1n) is 5.68. The predicted octanol–water partition coefficient (Wildman–Crippen LogP) is 0.830. The number of amides is 1. The van der Waals surface area contributed by atoms with Crippen LogP contribution in [0, 0.1) is 5.82 Å². The average Bonchev–Trinajstić information content (AvgIpc) is 2.38. The third kappa shape index (κ3) is 5.01. The lowest BCUT2D eigenvalue weighted by Gasteiger charge is -2.13. The van der Waals surface area contributed by atoms with Gasteiger partial charge < -0.3 is 15.2 Å². The molecular weight excluding hydrogens is 255 g/mol. The summed E-state index contributed by atoms with van der Waals surface area (Å²) < 4.78 is 17.5. The highest BCUT2D eigenvalue weighted by Gasteiger charge is 2.20. The van der Waals surface area contributed by atoms with E-state index in [2.05, 4.69) is 10.3 Å². The lowest BCUT2D eigenvalue weighted by atomic mass is 10.1. The lowest BCUT2D eigenvalue weighted by Crippen LogP contribution is -2.41. The Morgan fingerprint density at radius 2 is 2.26 bits per heavy atom. The smallest absolute Gasteiger partial charge is 0.326 e. The summed E-state index contributed by atoms with van der Waals surface area (Å²) >= 11 is 0. The molecule has 1 aromatic rings. The molecule has 0 aliphatic carbocycles. The molecule has 0 aliphatic rings. The first-order chi connectivity index (χ1) is 9.04. The molecule has 104 valence electrons. The first kappa shape index (κ1) is 15.0. The van der Waals surface area contributed by atoms with Gasteiger partial charge in [-0.1, -0.05) is 0 Å². The zero-order valence-electron chi connectivity index (χ0n) is 10.4. The Bertz CT molecular complexity index is 436. The van der Waals surface area contributed by atoms with Crippen LogP contribution in [0.25, 0.3) is 0 Å². The summed E-state index contributed by atoms with van der Waals surface area (Å²) in [6.45, 7) is 0.411. The molecule has 0 aliphatic heterocycles. The first-order valence-corrected chi connectivity index (χ1v) is 5.68. The normalized spacial score (nSPS) is 11.9. The van der Waals surface area contributed by atoms with E-state index in [-0.39, 0.29) is 12.1 Å². The van der Waals surface area contributed by atoms with E-state index in [1.807, 2.05) is 0 Å². The average molecular weight is 270 g/mol. The highest BCUT2D eigenvalue weighted by Crippen LogP contribution is 2.02. The van der Waals surface area contributed by atoms with Crippen LogP contribution in [0.2, 0.25) is 0 Å². The molecule has 0 saturated heterocycles. The van der Waals surface area contributed by atoms with Crippen molar-refractivity contribution in [3.05, 3.63) is 29.8 Å². The molecule has 1 rings (SSSR count). The number of halogens is 1. The summed E-state index contributed by atoms with van der Waals surface area (Å²) in [6, 6.07) is 1.26. The molecule has 6 nitrogen and oxygen atoms in total. The van der Waals surface area contributed by atoms with Crippen LogP contribution in [0.5, 0.6) is 0 Å². The third-order valence-corrected chi connectivity index (χ3v) is 2.40. The van der Waals surface area contributed by atoms with Crippen molar-refractivity contribution in [2.24, 2.45) is 0 Å². The zero-order chi connectivity index (χ0) is 14.3. The van der Waals surface area contributed by atoms with Gasteiger partial charge in [0.05, 0.1) is 6.20 Å². The van der Waals surface area contributed by atoms with Crippen molar-refractivity contribution in [3.8, 4) is 0 Å². The summed E-state index contributed by atoms with van der Waals surface area (Å²) in [5.74, 6) is -2.34. The number of carboxylic acid groups (broad SMARTS) is 1. The summed E-state index contributed by atoms with van der Waals surface area (Å²) in [4.78, 5) is 26.3. The van der Waals surface area contributed by atoms with E-state index >= 15 is 0 Å². The number of methoxy groups -OCH3 is 1. The quantitative estimate of drug-likeness (QED) is 0.716. The standard InChI is InChI=1S/C12H15FN2O4/c1-19-6-2-3-10(12(17)18)15-11(16)9-5-4-8(13)7-14-9/h4-5,7,10H,2-3,6H2,1H3,(H,15,16)(H,17,18). The van der Waals surface area contributed by atoms with Gasteiger partial charge in [0.15, 0.2) is 0 Å². The van der Waals surface area contributed by atoms with E-state index < -0.39 is 23.7 Å². The van der Waals surface area contributed by atoms with Crippen molar-refractivity contribution in [2.45, 2.75) is 18.9 Å². The van der Waals surface area contributed by atoms with Gasteiger partial charge in [-0.2, -0.15) is 0 Å². The number of carboxylic acids is 1. The van der Waals surface area contributed by atoms with E-state index in [4.69, 9.17) is 9.84 Å². The van der Waals surface area contributed by atoms with Crippen molar-refractivity contribution >= 4 is 11.9 Å². The van der Waals surface area contributed by atoms with Crippen LogP contribution < -0.4 is 5.32 Å². The molecule has 2 N–H and O–H groups in total. The number of aromatic nitrogens is 1. The maximum absolute atomic E-state index is 12.6. The maximum atomic E-state index is 12.6. The van der Waals surface area contributed by atoms with Gasteiger partial charge in [-0.25, -0.2) is 14.2 Å². The molecule has 0 bridgehead atoms. The highest BCUT2D eigenvalue weighted by molar-refractivity contribution is 5.94. The number of rotatable bonds is 7. The summed E-state index contributed by atoms with van der Waals surface area (Å²) in [7, 11) is 1.51. The third-order valence-electron chi connectivity index (χ3n) is 2.40. The van der Waals surface area contributed by atoms with Gasteiger partial charge in [0.25, 0.3) is 5.91 Å². The SMILES string of the molecule is COCCCC(NC(=O)c1ccc(F)cn1)C(=O)O. The minimum atomic E-state index is -1.13. The summed E-state index contributed by atoms with van der Waals surface area (Å²) in [5.41, 5.74) is -0.0283. The van der Waals surface area contributed by atoms with Crippen molar-refractivity contribution < 1.29 is 23.8 Å². The van der Waals surface area contributed by atoms with Crippen LogP contribution in [0.15, 0.2) is 18.3 Å². The van der Waals surface area contributed by atoms with Gasteiger partial charge >= 0.3 is 5.97 Å². The highest BCUT2D eigenvalue weighted by atomic mass is 19.1. The number of carbonyl (C=O) groups is 2. The van der Waals surface area contributed by atoms with Crippen molar-refractivity contribution in [3.63, 3.8) is 0 Å². The molecule has 7 heteroatoms. The van der Waals surface area contributed by atoms with Crippen molar-refractivity contribution in [2.75, 3.05) is 13.7 Å². The molecular formula is C12H15FN2O4. The second kappa shape index (κ2) is 7.42. The Balaban J connectivity index is 2.60. The summed E-state index contributed by atoms with van der Waals surface area (Å²) in [6.07, 6.45) is 1.65. The number of ether oxygens (including phenoxy) is 1. The predicted molar refractivity (Wildman–Crippen MR) is 64.2 cm³/mol. The second-order valence-corrected chi connectivity index (χ2v) is 3.86. The monoisotopic (exact) mass is 270 g/mol. The molecule has 19 heavy (non-hydrogen) atoms. The van der Waals surface area contributed by atoms with Gasteiger partial charge in [0.2, 0.25) is 0 Å². The van der Waals surface area contributed by atoms with E-state index in [1.165, 1.54) is 13.2 Å². The van der Waals surface area contributed by atoms with Crippen LogP contribution in [0.1, 0.15) is 23.3 Å². The Morgan fingerprint density at radius 1 is 1.53 bits per heavy atom. The van der Waals surface area contributed by atoms with Gasteiger partial charge in [0.1, 0.15) is 17.6 Å². The molecule has 0 aromatic carbocycles. The number of nitrogens with zero attached hydrogens (tertiary/aromatic N) is 1. The van der Waals surface area contributed by atoms with Gasteiger partial charge in [-0.05, 0) is 25.0 Å². The van der Waals surface area contributed by atoms with Gasteiger partial charge in [-0.3, -0.25) is 4.79 Å². The lowest BCUT2D eigenvalue weighted by molar-refractivity contribution is -0.139. The molecule has 1 atom stereocenters. The molecule has 0 fully saturated rings. The topological polar surface area (TPSA) is 88.5 Å². The largest absolute Gasteiger partial charge is 0.480 e. The second-order valence-electron chi connectivity index (χ2n) is 3.86. The summed E-state index contributed by atoms with van der Waals surface area (Å²) in [5, 5.41) is 11.3. The van der Waals surface area contributed by atoms with Crippen LogP contribution in [-0.2, 0) is 9.53 Å². The van der Waals surface area contributed by atoms with E-state index in [0.29, 0.717) is 13.0 Å². The van der Waals surface area contributed by atoms with Crippen LogP contribution >= 0.6 is 0 Å². The number of hydrogen-bond donors (Lipinski definition) is 2. The minimum Gasteiger partial charge on any atom is -0.480 e. The number of hydrogen-bond acceptors (Lipinski definition) is 4. The molecule has 0 saturated carbocycles. The zero-order valence-corrected chi connectivity index (χ0v) is 10.4. The van der Waals surface area contributed by atoms with E-state index in [9.17, 15) is 14.0 Å². The van der Waals surface area contributed by atoms with Gasteiger partial charge in [0, 0.05) is 13.7 Å². The molecule has 1 aromatic heterocycles. The van der Waals surface area contributed by atoms with Crippen LogP contribution in [0.4, 0.5) is 4.39 Å². The molecule has 1 amide bonds. The van der Waals surface area contributed by atoms with Crippen LogP contribution in [0.3, 0.4) is 0 Å². The Morgan fingerprint density at radius 3 is 2.79 bits per heavy atom. The van der Waals surface area contributed by atoms with Crippen LogP contribution in [-0.4, -0.2) is 41.7 Å². The number of nitrogens with one attached hydrogen (secondary N) is 1. The minimum absolute atomic E-state index is 0.0283. The molecule has 1 heterocycles. The Kier molecular flexibility index (Phi) is 5.87. The van der Waals surface area contributed by atoms with E-state index in [0.717, 1.165) is 12.3 Å². The molecule has 0 spiro atoms. The maximum Gasteiger partial charge on any atom is 0.326 e. The van der Waals surface area contributed by atoms with Crippen molar-refractivity contribution in [1.82, 2.24) is 10.3 Å². The van der Waals surface area contributed by atoms with Crippen molar-refractivity contribution in [1.29, 1.82) is 0 Å². The van der Waals surface area contributed by atoms with E-state index in [1.54, 1.807) is 0 Å². The fourth-order valence-electron chi connectivity index (χ4n) is 1.43. The molecule has 0 radical (unpaired) electrons. The Labute approximate surface area is 109 Å². The fraction of sp³-hybridized carbons (Fsp3) is 0.417. The number of aliphatic carboxylic acids is 1. The number of carbonyl (C=O) groups excluding carboxylic acids is 1. The number of pyridine rings is 1. The van der Waals surface area contributed by atoms with Gasteiger partial charge in [-0.15, -0.1) is 0 Å².